The van der Waals surface area contributed by atoms with Crippen molar-refractivity contribution in [2.24, 2.45) is 0 Å². The maximum Gasteiger partial charge on any atom is 0.277 e. The lowest BCUT2D eigenvalue weighted by atomic mass is 10.2. The van der Waals surface area contributed by atoms with Gasteiger partial charge >= 0.3 is 0 Å². The molecule has 0 spiro atoms. The molecule has 9 nitrogen and oxygen atoms in total. The first kappa shape index (κ1) is 23.0. The Balaban J connectivity index is 1.36. The first-order valence-electron chi connectivity index (χ1n) is 10.3. The van der Waals surface area contributed by atoms with E-state index in [-0.39, 0.29) is 21.8 Å². The zero-order chi connectivity index (χ0) is 23.4. The van der Waals surface area contributed by atoms with Crippen LogP contribution in [0.25, 0.3) is 22.4 Å². The molecule has 0 unspecified atom stereocenters. The van der Waals surface area contributed by atoms with Gasteiger partial charge in [-0.2, -0.15) is 4.31 Å². The Morgan fingerprint density at radius 1 is 1.09 bits per heavy atom. The van der Waals surface area contributed by atoms with Crippen molar-refractivity contribution >= 4 is 44.3 Å². The predicted molar refractivity (Wildman–Crippen MR) is 127 cm³/mol. The molecule has 0 atom stereocenters. The third-order valence-corrected chi connectivity index (χ3v) is 7.92. The quantitative estimate of drug-likeness (QED) is 0.344. The number of nitrogens with one attached hydrogen (secondary N) is 2. The SMILES string of the molecule is CCN(CC)S(=O)(=O)c1ccc(NC(=O)CSc2nnc(-c3c[nH]c4ccccc34)o2)cc1. The van der Waals surface area contributed by atoms with Crippen LogP contribution in [0.2, 0.25) is 0 Å². The van der Waals surface area contributed by atoms with Crippen LogP contribution in [0.15, 0.2) is 69.3 Å². The Bertz CT molecular complexity index is 1360. The van der Waals surface area contributed by atoms with E-state index in [2.05, 4.69) is 20.5 Å². The molecule has 2 heterocycles. The van der Waals surface area contributed by atoms with Crippen molar-refractivity contribution in [3.63, 3.8) is 0 Å². The number of hydrogen-bond donors (Lipinski definition) is 2. The maximum absolute atomic E-state index is 12.6. The third kappa shape index (κ3) is 4.95. The number of thioether (sulfide) groups is 1. The molecule has 0 aliphatic carbocycles. The summed E-state index contributed by atoms with van der Waals surface area (Å²) in [5.74, 6) is 0.168. The largest absolute Gasteiger partial charge is 0.411 e. The zero-order valence-corrected chi connectivity index (χ0v) is 19.7. The summed E-state index contributed by atoms with van der Waals surface area (Å²) in [7, 11) is -3.54. The molecule has 33 heavy (non-hydrogen) atoms. The highest BCUT2D eigenvalue weighted by molar-refractivity contribution is 7.99. The van der Waals surface area contributed by atoms with E-state index >= 15 is 0 Å². The molecule has 0 aliphatic rings. The van der Waals surface area contributed by atoms with Crippen LogP contribution in [-0.2, 0) is 14.8 Å². The number of benzene rings is 2. The minimum absolute atomic E-state index is 0.0645. The van der Waals surface area contributed by atoms with Gasteiger partial charge in [-0.25, -0.2) is 8.42 Å². The van der Waals surface area contributed by atoms with Gasteiger partial charge in [-0.15, -0.1) is 10.2 Å². The Hall–Kier alpha value is -3.15. The predicted octanol–water partition coefficient (Wildman–Crippen LogP) is 3.98. The van der Waals surface area contributed by atoms with E-state index in [9.17, 15) is 13.2 Å². The Morgan fingerprint density at radius 3 is 2.55 bits per heavy atom. The standard InChI is InChI=1S/C22H23N5O4S2/c1-3-27(4-2)33(29,30)16-11-9-15(10-12-16)24-20(28)14-32-22-26-25-21(31-22)18-13-23-19-8-6-5-7-17(18)19/h5-13,23H,3-4,14H2,1-2H3,(H,24,28). The van der Waals surface area contributed by atoms with Gasteiger partial charge in [0.05, 0.1) is 16.2 Å². The smallest absolute Gasteiger partial charge is 0.277 e. The summed E-state index contributed by atoms with van der Waals surface area (Å²) in [6.07, 6.45) is 1.81. The fourth-order valence-corrected chi connectivity index (χ4v) is 5.39. The topological polar surface area (TPSA) is 121 Å². The molecule has 4 rings (SSSR count). The molecule has 0 saturated carbocycles. The van der Waals surface area contributed by atoms with Crippen molar-refractivity contribution in [3.05, 3.63) is 54.7 Å². The molecule has 0 saturated heterocycles. The Labute approximate surface area is 195 Å². The van der Waals surface area contributed by atoms with E-state index in [0.717, 1.165) is 28.2 Å². The van der Waals surface area contributed by atoms with E-state index in [1.165, 1.54) is 16.4 Å². The summed E-state index contributed by atoms with van der Waals surface area (Å²) < 4.78 is 32.2. The summed E-state index contributed by atoms with van der Waals surface area (Å²) in [5, 5.41) is 12.1. The van der Waals surface area contributed by atoms with Gasteiger partial charge in [0, 0.05) is 35.9 Å². The van der Waals surface area contributed by atoms with Crippen molar-refractivity contribution < 1.29 is 17.6 Å². The number of anilines is 1. The lowest BCUT2D eigenvalue weighted by Gasteiger charge is -2.18. The molecule has 0 bridgehead atoms. The van der Waals surface area contributed by atoms with Crippen molar-refractivity contribution in [1.82, 2.24) is 19.5 Å². The molecule has 2 N–H and O–H groups in total. The maximum atomic E-state index is 12.6. The molecule has 1 amide bonds. The molecule has 2 aromatic heterocycles. The van der Waals surface area contributed by atoms with E-state index in [1.54, 1.807) is 26.0 Å². The molecule has 2 aromatic carbocycles. The summed E-state index contributed by atoms with van der Waals surface area (Å²) >= 11 is 1.12. The number of sulfonamides is 1. The monoisotopic (exact) mass is 485 g/mol. The lowest BCUT2D eigenvalue weighted by molar-refractivity contribution is -0.113. The number of aromatic amines is 1. The summed E-state index contributed by atoms with van der Waals surface area (Å²) in [6, 6.07) is 13.9. The Morgan fingerprint density at radius 2 is 1.82 bits per heavy atom. The minimum Gasteiger partial charge on any atom is -0.411 e. The highest BCUT2D eigenvalue weighted by Crippen LogP contribution is 2.29. The van der Waals surface area contributed by atoms with Crippen LogP contribution in [0.5, 0.6) is 0 Å². The van der Waals surface area contributed by atoms with Crippen molar-refractivity contribution in [2.75, 3.05) is 24.2 Å². The highest BCUT2D eigenvalue weighted by Gasteiger charge is 2.21. The number of aromatic nitrogens is 3. The van der Waals surface area contributed by atoms with Gasteiger partial charge in [-0.05, 0) is 30.3 Å². The molecular formula is C22H23N5O4S2. The molecule has 172 valence electrons. The van der Waals surface area contributed by atoms with E-state index in [0.29, 0.717) is 24.7 Å². The molecular weight excluding hydrogens is 462 g/mol. The van der Waals surface area contributed by atoms with E-state index < -0.39 is 10.0 Å². The number of fused-ring (bicyclic) bond motifs is 1. The van der Waals surface area contributed by atoms with Gasteiger partial charge in [-0.3, -0.25) is 4.79 Å². The second kappa shape index (κ2) is 9.77. The van der Waals surface area contributed by atoms with Gasteiger partial charge in [0.15, 0.2) is 0 Å². The van der Waals surface area contributed by atoms with Gasteiger partial charge in [0.2, 0.25) is 15.9 Å². The van der Waals surface area contributed by atoms with Crippen LogP contribution < -0.4 is 5.32 Å². The van der Waals surface area contributed by atoms with Crippen molar-refractivity contribution in [1.29, 1.82) is 0 Å². The van der Waals surface area contributed by atoms with Gasteiger partial charge in [0.25, 0.3) is 11.1 Å². The number of para-hydroxylation sites is 1. The highest BCUT2D eigenvalue weighted by atomic mass is 32.2. The van der Waals surface area contributed by atoms with Gasteiger partial charge in [0.1, 0.15) is 0 Å². The van der Waals surface area contributed by atoms with Crippen LogP contribution in [0.4, 0.5) is 5.69 Å². The van der Waals surface area contributed by atoms with Gasteiger partial charge < -0.3 is 14.7 Å². The second-order valence-electron chi connectivity index (χ2n) is 7.07. The fourth-order valence-electron chi connectivity index (χ4n) is 3.37. The van der Waals surface area contributed by atoms with Crippen LogP contribution >= 0.6 is 11.8 Å². The number of hydrogen-bond acceptors (Lipinski definition) is 7. The number of nitrogens with zero attached hydrogens (tertiary/aromatic N) is 3. The van der Waals surface area contributed by atoms with E-state index in [1.807, 2.05) is 30.5 Å². The van der Waals surface area contributed by atoms with Crippen molar-refractivity contribution in [2.45, 2.75) is 24.0 Å². The molecule has 0 fully saturated rings. The third-order valence-electron chi connectivity index (χ3n) is 5.03. The Kier molecular flexibility index (Phi) is 6.82. The molecule has 11 heteroatoms. The number of carbonyl (C=O) groups is 1. The van der Waals surface area contributed by atoms with Crippen LogP contribution in [-0.4, -0.2) is 52.7 Å². The number of amides is 1. The first-order valence-corrected chi connectivity index (χ1v) is 12.8. The average Bonchev–Trinajstić information content (AvgIpc) is 3.45. The number of H-pyrrole nitrogens is 1. The number of rotatable bonds is 9. The summed E-state index contributed by atoms with van der Waals surface area (Å²) in [6.45, 7) is 4.37. The van der Waals surface area contributed by atoms with E-state index in [4.69, 9.17) is 4.42 Å². The summed E-state index contributed by atoms with van der Waals surface area (Å²) in [4.78, 5) is 15.7. The number of carbonyl (C=O) groups excluding carboxylic acids is 1. The normalized spacial score (nSPS) is 11.8. The van der Waals surface area contributed by atoms with Crippen LogP contribution in [0.1, 0.15) is 13.8 Å². The molecule has 0 radical (unpaired) electrons. The zero-order valence-electron chi connectivity index (χ0n) is 18.1. The van der Waals surface area contributed by atoms with Crippen LogP contribution in [0, 0.1) is 0 Å². The van der Waals surface area contributed by atoms with Crippen LogP contribution in [0.3, 0.4) is 0 Å². The minimum atomic E-state index is -3.54. The average molecular weight is 486 g/mol. The molecule has 0 aliphatic heterocycles. The summed E-state index contributed by atoms with van der Waals surface area (Å²) in [5.41, 5.74) is 2.27. The second-order valence-corrected chi connectivity index (χ2v) is 9.94. The van der Waals surface area contributed by atoms with Crippen molar-refractivity contribution in [3.8, 4) is 11.5 Å². The molecule has 4 aromatic rings. The fraction of sp³-hybridized carbons (Fsp3) is 0.227. The van der Waals surface area contributed by atoms with Gasteiger partial charge in [-0.1, -0.05) is 43.8 Å². The lowest BCUT2D eigenvalue weighted by Crippen LogP contribution is -2.30. The first-order chi connectivity index (χ1) is 15.9.